The summed E-state index contributed by atoms with van der Waals surface area (Å²) in [4.78, 5) is 13.9. The van der Waals surface area contributed by atoms with Crippen LogP contribution in [0, 0.1) is 12.8 Å². The van der Waals surface area contributed by atoms with Gasteiger partial charge in [-0.1, -0.05) is 19.1 Å². The van der Waals surface area contributed by atoms with Crippen LogP contribution in [0.2, 0.25) is 0 Å². The van der Waals surface area contributed by atoms with E-state index in [4.69, 9.17) is 9.15 Å². The Kier molecular flexibility index (Phi) is 4.93. The minimum absolute atomic E-state index is 0.0559. The normalized spacial score (nSPS) is 19.1. The van der Waals surface area contributed by atoms with Crippen LogP contribution in [-0.4, -0.2) is 24.5 Å². The molecule has 1 heterocycles. The van der Waals surface area contributed by atoms with Crippen LogP contribution in [0.4, 0.5) is 0 Å². The maximum Gasteiger partial charge on any atom is 0.226 e. The standard InChI is InChI=1S/C20H25NO3/c1-14-5-4-6-16(11-14)23-10-9-20(22)21(3)13-17-7-8-19(24-17)18-12-15(18)2/h4-8,11,15,18H,9-10,12-13H2,1-3H3/t15-,18-/m1/s1. The van der Waals surface area contributed by atoms with Gasteiger partial charge < -0.3 is 14.1 Å². The van der Waals surface area contributed by atoms with Gasteiger partial charge >= 0.3 is 0 Å². The molecule has 1 aliphatic rings. The molecule has 1 aromatic carbocycles. The highest BCUT2D eigenvalue weighted by Crippen LogP contribution is 2.47. The first-order valence-electron chi connectivity index (χ1n) is 8.55. The summed E-state index contributed by atoms with van der Waals surface area (Å²) in [6, 6.07) is 11.9. The summed E-state index contributed by atoms with van der Waals surface area (Å²) < 4.78 is 11.5. The molecule has 1 fully saturated rings. The topological polar surface area (TPSA) is 42.7 Å². The molecule has 4 heteroatoms. The van der Waals surface area contributed by atoms with Gasteiger partial charge in [0.25, 0.3) is 0 Å². The Bertz CT molecular complexity index is 706. The molecular weight excluding hydrogens is 302 g/mol. The highest BCUT2D eigenvalue weighted by Gasteiger charge is 2.36. The van der Waals surface area contributed by atoms with Crippen molar-refractivity contribution in [3.05, 3.63) is 53.5 Å². The number of rotatable bonds is 7. The fourth-order valence-electron chi connectivity index (χ4n) is 2.87. The van der Waals surface area contributed by atoms with Crippen LogP contribution < -0.4 is 4.74 Å². The summed E-state index contributed by atoms with van der Waals surface area (Å²) >= 11 is 0. The van der Waals surface area contributed by atoms with Crippen LogP contribution in [0.3, 0.4) is 0 Å². The van der Waals surface area contributed by atoms with Crippen LogP contribution in [0.5, 0.6) is 5.75 Å². The molecule has 24 heavy (non-hydrogen) atoms. The second-order valence-corrected chi connectivity index (χ2v) is 6.79. The Labute approximate surface area is 143 Å². The van der Waals surface area contributed by atoms with Gasteiger partial charge in [0, 0.05) is 13.0 Å². The molecule has 1 amide bonds. The third-order valence-electron chi connectivity index (χ3n) is 4.55. The molecule has 1 aromatic heterocycles. The van der Waals surface area contributed by atoms with E-state index in [1.165, 1.54) is 6.42 Å². The molecule has 2 aromatic rings. The number of aryl methyl sites for hydroxylation is 1. The predicted octanol–water partition coefficient (Wildman–Crippen LogP) is 4.14. The second-order valence-electron chi connectivity index (χ2n) is 6.79. The van der Waals surface area contributed by atoms with Gasteiger partial charge in [-0.15, -0.1) is 0 Å². The highest BCUT2D eigenvalue weighted by atomic mass is 16.5. The number of furan rings is 1. The van der Waals surface area contributed by atoms with E-state index in [-0.39, 0.29) is 5.91 Å². The quantitative estimate of drug-likeness (QED) is 0.767. The molecule has 128 valence electrons. The van der Waals surface area contributed by atoms with Crippen LogP contribution in [0.1, 0.15) is 42.8 Å². The van der Waals surface area contributed by atoms with Crippen molar-refractivity contribution < 1.29 is 13.9 Å². The van der Waals surface area contributed by atoms with Gasteiger partial charge in [-0.3, -0.25) is 4.79 Å². The van der Waals surface area contributed by atoms with Gasteiger partial charge in [0.2, 0.25) is 5.91 Å². The van der Waals surface area contributed by atoms with Crippen molar-refractivity contribution in [1.29, 1.82) is 0 Å². The third kappa shape index (κ3) is 4.19. The zero-order valence-corrected chi connectivity index (χ0v) is 14.6. The molecule has 0 bridgehead atoms. The number of carbonyl (C=O) groups is 1. The average Bonchev–Trinajstić information content (AvgIpc) is 3.09. The van der Waals surface area contributed by atoms with Gasteiger partial charge in [-0.2, -0.15) is 0 Å². The molecule has 0 radical (unpaired) electrons. The lowest BCUT2D eigenvalue weighted by Gasteiger charge is -2.16. The maximum absolute atomic E-state index is 12.2. The SMILES string of the molecule is Cc1cccc(OCCC(=O)N(C)Cc2ccc([C@@H]3C[C@H]3C)o2)c1. The number of ether oxygens (including phenoxy) is 1. The Morgan fingerprint density at radius 3 is 2.83 bits per heavy atom. The number of nitrogens with zero attached hydrogens (tertiary/aromatic N) is 1. The zero-order valence-electron chi connectivity index (χ0n) is 14.6. The molecule has 0 unspecified atom stereocenters. The molecular formula is C20H25NO3. The van der Waals surface area contributed by atoms with E-state index in [0.717, 1.165) is 28.8 Å². The van der Waals surface area contributed by atoms with Crippen molar-refractivity contribution in [1.82, 2.24) is 4.90 Å². The molecule has 2 atom stereocenters. The van der Waals surface area contributed by atoms with Crippen molar-refractivity contribution in [3.8, 4) is 5.75 Å². The van der Waals surface area contributed by atoms with Crippen molar-refractivity contribution in [2.24, 2.45) is 5.92 Å². The molecule has 0 saturated heterocycles. The first-order chi connectivity index (χ1) is 11.5. The summed E-state index contributed by atoms with van der Waals surface area (Å²) in [5.41, 5.74) is 1.15. The van der Waals surface area contributed by atoms with Gasteiger partial charge in [0.15, 0.2) is 0 Å². The van der Waals surface area contributed by atoms with Crippen molar-refractivity contribution >= 4 is 5.91 Å². The van der Waals surface area contributed by atoms with E-state index in [1.807, 2.05) is 43.3 Å². The Balaban J connectivity index is 1.43. The van der Waals surface area contributed by atoms with Gasteiger partial charge in [-0.25, -0.2) is 0 Å². The fourth-order valence-corrected chi connectivity index (χ4v) is 2.87. The summed E-state index contributed by atoms with van der Waals surface area (Å²) in [6.07, 6.45) is 1.57. The lowest BCUT2D eigenvalue weighted by atomic mass is 10.2. The lowest BCUT2D eigenvalue weighted by molar-refractivity contribution is -0.131. The van der Waals surface area contributed by atoms with E-state index < -0.39 is 0 Å². The fraction of sp³-hybridized carbons (Fsp3) is 0.450. The Morgan fingerprint density at radius 2 is 2.12 bits per heavy atom. The van der Waals surface area contributed by atoms with Crippen molar-refractivity contribution in [2.75, 3.05) is 13.7 Å². The van der Waals surface area contributed by atoms with Crippen LogP contribution in [0.25, 0.3) is 0 Å². The molecule has 3 rings (SSSR count). The minimum atomic E-state index is 0.0559. The minimum Gasteiger partial charge on any atom is -0.493 e. The largest absolute Gasteiger partial charge is 0.493 e. The Morgan fingerprint density at radius 1 is 1.33 bits per heavy atom. The van der Waals surface area contributed by atoms with E-state index in [0.29, 0.717) is 25.5 Å². The lowest BCUT2D eigenvalue weighted by Crippen LogP contribution is -2.27. The van der Waals surface area contributed by atoms with E-state index >= 15 is 0 Å². The molecule has 0 spiro atoms. The number of carbonyl (C=O) groups excluding carboxylic acids is 1. The first-order valence-corrected chi connectivity index (χ1v) is 8.55. The third-order valence-corrected chi connectivity index (χ3v) is 4.55. The number of hydrogen-bond acceptors (Lipinski definition) is 3. The average molecular weight is 327 g/mol. The number of hydrogen-bond donors (Lipinski definition) is 0. The Hall–Kier alpha value is -2.23. The summed E-state index contributed by atoms with van der Waals surface area (Å²) in [5, 5.41) is 0. The second kappa shape index (κ2) is 7.12. The molecule has 1 aliphatic carbocycles. The smallest absolute Gasteiger partial charge is 0.226 e. The van der Waals surface area contributed by atoms with E-state index in [1.54, 1.807) is 11.9 Å². The van der Waals surface area contributed by atoms with E-state index in [2.05, 4.69) is 6.92 Å². The summed E-state index contributed by atoms with van der Waals surface area (Å²) in [6.45, 7) is 5.14. The predicted molar refractivity (Wildman–Crippen MR) is 93.0 cm³/mol. The van der Waals surface area contributed by atoms with Crippen LogP contribution >= 0.6 is 0 Å². The van der Waals surface area contributed by atoms with Crippen molar-refractivity contribution in [2.45, 2.75) is 39.2 Å². The highest BCUT2D eigenvalue weighted by molar-refractivity contribution is 5.75. The van der Waals surface area contributed by atoms with Crippen LogP contribution in [-0.2, 0) is 11.3 Å². The zero-order chi connectivity index (χ0) is 17.1. The van der Waals surface area contributed by atoms with Crippen LogP contribution in [0.15, 0.2) is 40.8 Å². The molecule has 0 N–H and O–H groups in total. The molecule has 4 nitrogen and oxygen atoms in total. The number of amides is 1. The summed E-state index contributed by atoms with van der Waals surface area (Å²) in [7, 11) is 1.80. The summed E-state index contributed by atoms with van der Waals surface area (Å²) in [5.74, 6) is 4.06. The van der Waals surface area contributed by atoms with Gasteiger partial charge in [0.1, 0.15) is 17.3 Å². The van der Waals surface area contributed by atoms with Gasteiger partial charge in [0.05, 0.1) is 19.6 Å². The van der Waals surface area contributed by atoms with Gasteiger partial charge in [-0.05, 0) is 49.1 Å². The first kappa shape index (κ1) is 16.6. The maximum atomic E-state index is 12.2. The number of benzene rings is 1. The monoisotopic (exact) mass is 327 g/mol. The van der Waals surface area contributed by atoms with Crippen molar-refractivity contribution in [3.63, 3.8) is 0 Å². The molecule has 0 aliphatic heterocycles. The van der Waals surface area contributed by atoms with E-state index in [9.17, 15) is 4.79 Å². The molecule has 1 saturated carbocycles.